The van der Waals surface area contributed by atoms with Crippen LogP contribution in [0.4, 0.5) is 16.4 Å². The quantitative estimate of drug-likeness (QED) is 0.221. The molecule has 1 saturated carbocycles. The number of amidine groups is 1. The van der Waals surface area contributed by atoms with Crippen molar-refractivity contribution < 1.29 is 13.8 Å². The van der Waals surface area contributed by atoms with Crippen molar-refractivity contribution in [1.29, 1.82) is 5.41 Å². The summed E-state index contributed by atoms with van der Waals surface area (Å²) >= 11 is 7.54. The fraction of sp³-hybridized carbons (Fsp3) is 0.350. The van der Waals surface area contributed by atoms with Crippen molar-refractivity contribution in [2.75, 3.05) is 5.32 Å². The number of H-pyrrole nitrogens is 1. The van der Waals surface area contributed by atoms with E-state index >= 15 is 0 Å². The van der Waals surface area contributed by atoms with Crippen LogP contribution in [0, 0.1) is 5.41 Å². The van der Waals surface area contributed by atoms with Gasteiger partial charge >= 0.3 is 6.09 Å². The molecule has 1 aliphatic carbocycles. The average molecular weight is 483 g/mol. The zero-order valence-corrected chi connectivity index (χ0v) is 19.5. The second-order valence-corrected chi connectivity index (χ2v) is 9.65. The minimum absolute atomic E-state index is 0. The molecule has 10 nitrogen and oxygen atoms in total. The number of carbonyl (C=O) groups excluding carboxylic acids is 1. The highest BCUT2D eigenvalue weighted by Crippen LogP contribution is 2.40. The van der Waals surface area contributed by atoms with Crippen molar-refractivity contribution in [3.05, 3.63) is 40.0 Å². The van der Waals surface area contributed by atoms with E-state index in [0.717, 1.165) is 10.6 Å². The first-order chi connectivity index (χ1) is 14.7. The molecule has 3 aromatic heterocycles. The van der Waals surface area contributed by atoms with Gasteiger partial charge in [0.25, 0.3) is 0 Å². The number of aromatic amines is 1. The summed E-state index contributed by atoms with van der Waals surface area (Å²) in [7, 11) is 0. The molecule has 0 radical (unpaired) electrons. The normalized spacial score (nSPS) is 13.2. The number of rotatable bonds is 5. The molecule has 7 N–H and O–H groups in total. The highest BCUT2D eigenvalue weighted by atomic mass is 35.5. The summed E-state index contributed by atoms with van der Waals surface area (Å²) < 4.78 is 5.18. The van der Waals surface area contributed by atoms with Gasteiger partial charge in [-0.1, -0.05) is 11.6 Å². The van der Waals surface area contributed by atoms with E-state index in [4.69, 9.17) is 21.7 Å². The van der Waals surface area contributed by atoms with E-state index in [1.807, 2.05) is 6.07 Å². The third kappa shape index (κ3) is 5.81. The third-order valence-electron chi connectivity index (χ3n) is 4.30. The second kappa shape index (κ2) is 9.23. The zero-order chi connectivity index (χ0) is 22.2. The molecule has 3 aromatic rings. The van der Waals surface area contributed by atoms with Crippen LogP contribution in [0.15, 0.2) is 24.4 Å². The molecular weight excluding hydrogens is 452 g/mol. The molecule has 0 unspecified atom stereocenters. The van der Waals surface area contributed by atoms with Crippen molar-refractivity contribution in [3.8, 4) is 10.7 Å². The van der Waals surface area contributed by atoms with Gasteiger partial charge in [0.05, 0.1) is 16.0 Å². The van der Waals surface area contributed by atoms with Gasteiger partial charge in [-0.05, 0) is 45.7 Å². The molecule has 32 heavy (non-hydrogen) atoms. The van der Waals surface area contributed by atoms with Crippen LogP contribution in [0.3, 0.4) is 0 Å². The van der Waals surface area contributed by atoms with E-state index in [1.54, 1.807) is 32.9 Å². The van der Waals surface area contributed by atoms with Crippen molar-refractivity contribution in [3.63, 3.8) is 0 Å². The van der Waals surface area contributed by atoms with Crippen molar-refractivity contribution in [1.82, 2.24) is 31.6 Å². The summed E-state index contributed by atoms with van der Waals surface area (Å²) in [5, 5.41) is 21.4. The van der Waals surface area contributed by atoms with Crippen molar-refractivity contribution in [2.45, 2.75) is 45.1 Å². The summed E-state index contributed by atoms with van der Waals surface area (Å²) in [4.78, 5) is 22.0. The molecule has 1 aliphatic rings. The highest BCUT2D eigenvalue weighted by molar-refractivity contribution is 7.17. The zero-order valence-electron chi connectivity index (χ0n) is 18.0. The molecule has 0 saturated heterocycles. The van der Waals surface area contributed by atoms with E-state index in [-0.39, 0.29) is 16.3 Å². The van der Waals surface area contributed by atoms with E-state index < -0.39 is 11.7 Å². The monoisotopic (exact) mass is 482 g/mol. The lowest BCUT2D eigenvalue weighted by molar-refractivity contribution is 0.0563. The number of thiophene rings is 1. The number of ether oxygens (including phenoxy) is 1. The summed E-state index contributed by atoms with van der Waals surface area (Å²) in [5.74, 6) is 2.04. The van der Waals surface area contributed by atoms with Crippen LogP contribution < -0.4 is 16.8 Å². The lowest BCUT2D eigenvalue weighted by Crippen LogP contribution is -2.36. The fourth-order valence-corrected chi connectivity index (χ4v) is 3.75. The number of hydrogen-bond acceptors (Lipinski definition) is 9. The number of hydrogen-bond donors (Lipinski definition) is 5. The SMILES string of the molecule is CC(C)(C)OC(=O)NC(=N)c1ccc(-c2ncc(Cl)c(Nc3cc(C4CC4)[nH]n3)n2)s1.N.[HH].[HH].[HH]. The minimum Gasteiger partial charge on any atom is -0.444 e. The Labute approximate surface area is 198 Å². The maximum absolute atomic E-state index is 11.9. The highest BCUT2D eigenvalue weighted by Gasteiger charge is 2.25. The number of nitrogens with one attached hydrogen (secondary N) is 4. The molecule has 0 aromatic carbocycles. The summed E-state index contributed by atoms with van der Waals surface area (Å²) in [5.41, 5.74) is 0.464. The summed E-state index contributed by atoms with van der Waals surface area (Å²) in [6.45, 7) is 5.29. The predicted molar refractivity (Wildman–Crippen MR) is 132 cm³/mol. The van der Waals surface area contributed by atoms with Gasteiger partial charge in [0.15, 0.2) is 17.5 Å². The van der Waals surface area contributed by atoms with Crippen LogP contribution in [0.25, 0.3) is 10.7 Å². The Morgan fingerprint density at radius 1 is 1.38 bits per heavy atom. The number of anilines is 2. The number of halogens is 1. The minimum atomic E-state index is -0.675. The number of nitrogens with zero attached hydrogens (tertiary/aromatic N) is 3. The van der Waals surface area contributed by atoms with Gasteiger partial charge in [0.2, 0.25) is 0 Å². The Bertz CT molecular complexity index is 1150. The Balaban J connectivity index is 0.00000289. The van der Waals surface area contributed by atoms with E-state index in [2.05, 4.69) is 30.8 Å². The summed E-state index contributed by atoms with van der Waals surface area (Å²) in [6.07, 6.45) is 3.20. The first-order valence-electron chi connectivity index (χ1n) is 9.72. The molecule has 0 spiro atoms. The molecule has 0 bridgehead atoms. The Morgan fingerprint density at radius 3 is 2.81 bits per heavy atom. The van der Waals surface area contributed by atoms with Gasteiger partial charge in [-0.15, -0.1) is 11.3 Å². The van der Waals surface area contributed by atoms with Gasteiger partial charge in [-0.2, -0.15) is 5.10 Å². The average Bonchev–Trinajstić information content (AvgIpc) is 3.22. The lowest BCUT2D eigenvalue weighted by atomic mass is 10.2. The van der Waals surface area contributed by atoms with Crippen molar-refractivity contribution in [2.24, 2.45) is 0 Å². The molecule has 1 fully saturated rings. The summed E-state index contributed by atoms with van der Waals surface area (Å²) in [6, 6.07) is 5.47. The van der Waals surface area contributed by atoms with Gasteiger partial charge < -0.3 is 16.2 Å². The predicted octanol–water partition coefficient (Wildman–Crippen LogP) is 5.95. The second-order valence-electron chi connectivity index (χ2n) is 8.16. The lowest BCUT2D eigenvalue weighted by Gasteiger charge is -2.19. The fourth-order valence-electron chi connectivity index (χ4n) is 2.76. The van der Waals surface area contributed by atoms with E-state index in [9.17, 15) is 4.79 Å². The van der Waals surface area contributed by atoms with Crippen LogP contribution in [-0.4, -0.2) is 37.7 Å². The molecule has 0 aliphatic heterocycles. The van der Waals surface area contributed by atoms with Crippen LogP contribution in [0.1, 0.15) is 54.4 Å². The largest absolute Gasteiger partial charge is 0.444 e. The van der Waals surface area contributed by atoms with Crippen LogP contribution >= 0.6 is 22.9 Å². The van der Waals surface area contributed by atoms with Crippen LogP contribution in [0.2, 0.25) is 5.02 Å². The van der Waals surface area contributed by atoms with Crippen molar-refractivity contribution >= 4 is 46.5 Å². The third-order valence-corrected chi connectivity index (χ3v) is 5.68. The maximum atomic E-state index is 11.9. The van der Waals surface area contributed by atoms with Gasteiger partial charge in [0.1, 0.15) is 16.5 Å². The number of carbonyl (C=O) groups is 1. The Morgan fingerprint density at radius 2 is 2.12 bits per heavy atom. The Hall–Kier alpha value is -3.02. The molecule has 0 atom stereocenters. The molecule has 176 valence electrons. The first-order valence-corrected chi connectivity index (χ1v) is 10.9. The number of amides is 1. The molecule has 4 rings (SSSR count). The van der Waals surface area contributed by atoms with Gasteiger partial charge in [-0.25, -0.2) is 14.8 Å². The standard InChI is InChI=1S/C20H22ClN7O2S.H3N.3H2/c1-20(2,3)30-19(29)25-16(22)13-6-7-14(31-13)18-23-9-11(21)17(26-18)24-15-8-12(27-28-15)10-4-5-10;;;;/h6-10H,4-5H2,1-3H3,(H2,22,25,29)(H2,23,24,26,27,28);1H3;3*1H. The van der Waals surface area contributed by atoms with E-state index in [0.29, 0.717) is 33.3 Å². The van der Waals surface area contributed by atoms with Gasteiger partial charge in [0, 0.05) is 22.0 Å². The van der Waals surface area contributed by atoms with Crippen LogP contribution in [-0.2, 0) is 4.74 Å². The number of aromatic nitrogens is 4. The molecule has 12 heteroatoms. The Kier molecular flexibility index (Phi) is 6.82. The molecule has 1 amide bonds. The van der Waals surface area contributed by atoms with Crippen LogP contribution in [0.5, 0.6) is 0 Å². The first kappa shape index (κ1) is 23.6. The molecule has 3 heterocycles. The smallest absolute Gasteiger partial charge is 0.413 e. The maximum Gasteiger partial charge on any atom is 0.413 e. The molecular formula is C20H31ClN8O2S. The number of alkyl carbamates (subject to hydrolysis) is 1. The van der Waals surface area contributed by atoms with Gasteiger partial charge in [-0.3, -0.25) is 15.8 Å². The topological polar surface area (TPSA) is 164 Å². The van der Waals surface area contributed by atoms with E-state index in [1.165, 1.54) is 30.4 Å².